The van der Waals surface area contributed by atoms with Crippen LogP contribution in [0.1, 0.15) is 39.1 Å². The first-order valence-corrected chi connectivity index (χ1v) is 5.48. The molecule has 0 unspecified atom stereocenters. The van der Waals surface area contributed by atoms with Gasteiger partial charge < -0.3 is 5.11 Å². The van der Waals surface area contributed by atoms with E-state index in [1.807, 2.05) is 0 Å². The number of carboxylic acid groups (broad SMARTS) is 1. The molecule has 2 rings (SSSR count). The third-order valence-corrected chi connectivity index (χ3v) is 3.51. The first-order valence-electron chi connectivity index (χ1n) is 4.69. The number of halogens is 1. The van der Waals surface area contributed by atoms with Crippen LogP contribution in [0.2, 0.25) is 0 Å². The second-order valence-corrected chi connectivity index (χ2v) is 4.33. The van der Waals surface area contributed by atoms with Crippen LogP contribution in [0.4, 0.5) is 0 Å². The molecule has 4 heteroatoms. The predicted octanol–water partition coefficient (Wildman–Crippen LogP) is 2.67. The summed E-state index contributed by atoms with van der Waals surface area (Å²) in [6.07, 6.45) is 2.13. The van der Waals surface area contributed by atoms with Crippen LogP contribution in [0.15, 0.2) is 16.6 Å². The summed E-state index contributed by atoms with van der Waals surface area (Å²) in [5.41, 5.74) is 1.73. The molecular formula is C11H9BrO3. The highest BCUT2D eigenvalue weighted by Gasteiger charge is 2.22. The summed E-state index contributed by atoms with van der Waals surface area (Å²) in [7, 11) is 0. The van der Waals surface area contributed by atoms with E-state index in [1.54, 1.807) is 6.07 Å². The fourth-order valence-corrected chi connectivity index (χ4v) is 2.57. The molecule has 15 heavy (non-hydrogen) atoms. The zero-order valence-electron chi connectivity index (χ0n) is 7.92. The topological polar surface area (TPSA) is 54.4 Å². The number of carbonyl (C=O) groups is 2. The Kier molecular flexibility index (Phi) is 2.61. The zero-order chi connectivity index (χ0) is 11.0. The van der Waals surface area contributed by atoms with Gasteiger partial charge in [-0.2, -0.15) is 0 Å². The largest absolute Gasteiger partial charge is 0.478 e. The van der Waals surface area contributed by atoms with E-state index in [9.17, 15) is 9.59 Å². The van der Waals surface area contributed by atoms with E-state index in [0.29, 0.717) is 16.5 Å². The average molecular weight is 269 g/mol. The predicted molar refractivity (Wildman–Crippen MR) is 58.4 cm³/mol. The lowest BCUT2D eigenvalue weighted by Gasteiger charge is -2.17. The highest BCUT2D eigenvalue weighted by Crippen LogP contribution is 2.30. The minimum absolute atomic E-state index is 0.105. The molecule has 0 saturated carbocycles. The number of hydrogen-bond donors (Lipinski definition) is 1. The fourth-order valence-electron chi connectivity index (χ4n) is 1.85. The van der Waals surface area contributed by atoms with Gasteiger partial charge in [-0.1, -0.05) is 6.07 Å². The number of Topliss-reactive ketones (excluding diaryl/α,β-unsaturated/α-hetero) is 1. The van der Waals surface area contributed by atoms with Crippen LogP contribution in [0.3, 0.4) is 0 Å². The van der Waals surface area contributed by atoms with Crippen molar-refractivity contribution in [2.75, 3.05) is 0 Å². The van der Waals surface area contributed by atoms with Crippen molar-refractivity contribution in [2.45, 2.75) is 19.3 Å². The third kappa shape index (κ3) is 1.69. The number of hydrogen-bond acceptors (Lipinski definition) is 2. The molecule has 1 aromatic rings. The van der Waals surface area contributed by atoms with Crippen molar-refractivity contribution in [3.8, 4) is 0 Å². The lowest BCUT2D eigenvalue weighted by Crippen LogP contribution is -2.13. The Morgan fingerprint density at radius 1 is 1.33 bits per heavy atom. The summed E-state index contributed by atoms with van der Waals surface area (Å²) in [5, 5.41) is 8.92. The highest BCUT2D eigenvalue weighted by molar-refractivity contribution is 9.10. The van der Waals surface area contributed by atoms with Gasteiger partial charge in [0.2, 0.25) is 0 Å². The molecule has 0 radical (unpaired) electrons. The molecule has 0 atom stereocenters. The molecule has 1 aliphatic carbocycles. The second kappa shape index (κ2) is 3.77. The quantitative estimate of drug-likeness (QED) is 0.852. The van der Waals surface area contributed by atoms with E-state index in [2.05, 4.69) is 15.9 Å². The number of carbonyl (C=O) groups excluding carboxylic acids is 1. The molecule has 1 aromatic carbocycles. The standard InChI is InChI=1S/C11H9BrO3/c12-10-7-2-1-3-9(13)6(7)4-5-8(10)11(14)15/h4-5H,1-3H2,(H,14,15). The van der Waals surface area contributed by atoms with Crippen molar-refractivity contribution >= 4 is 27.7 Å². The summed E-state index contributed by atoms with van der Waals surface area (Å²) in [5.74, 6) is -0.864. The van der Waals surface area contributed by atoms with Crippen LogP contribution in [0, 0.1) is 0 Å². The average Bonchev–Trinajstić information content (AvgIpc) is 2.19. The van der Waals surface area contributed by atoms with Crippen molar-refractivity contribution in [1.29, 1.82) is 0 Å². The van der Waals surface area contributed by atoms with Gasteiger partial charge in [0.1, 0.15) is 0 Å². The van der Waals surface area contributed by atoms with Gasteiger partial charge in [-0.3, -0.25) is 4.79 Å². The SMILES string of the molecule is O=C(O)c1ccc2c(c1Br)CCCC2=O. The Labute approximate surface area is 95.2 Å². The zero-order valence-corrected chi connectivity index (χ0v) is 9.50. The van der Waals surface area contributed by atoms with E-state index in [4.69, 9.17) is 5.11 Å². The smallest absolute Gasteiger partial charge is 0.336 e. The number of fused-ring (bicyclic) bond motifs is 1. The maximum atomic E-state index is 11.6. The van der Waals surface area contributed by atoms with Crippen molar-refractivity contribution in [1.82, 2.24) is 0 Å². The number of ketones is 1. The Hall–Kier alpha value is -1.16. The van der Waals surface area contributed by atoms with E-state index >= 15 is 0 Å². The van der Waals surface area contributed by atoms with Crippen molar-refractivity contribution < 1.29 is 14.7 Å². The lowest BCUT2D eigenvalue weighted by molar-refractivity contribution is 0.0695. The molecular weight excluding hydrogens is 260 g/mol. The Balaban J connectivity index is 2.62. The summed E-state index contributed by atoms with van der Waals surface area (Å²) in [6.45, 7) is 0. The summed E-state index contributed by atoms with van der Waals surface area (Å²) in [4.78, 5) is 22.4. The Bertz CT molecular complexity index is 451. The molecule has 0 amide bonds. The molecule has 0 aliphatic heterocycles. The Morgan fingerprint density at radius 3 is 2.73 bits per heavy atom. The minimum Gasteiger partial charge on any atom is -0.478 e. The fraction of sp³-hybridized carbons (Fsp3) is 0.273. The van der Waals surface area contributed by atoms with Crippen molar-refractivity contribution in [3.63, 3.8) is 0 Å². The van der Waals surface area contributed by atoms with E-state index in [0.717, 1.165) is 18.4 Å². The van der Waals surface area contributed by atoms with Crippen LogP contribution in [-0.2, 0) is 6.42 Å². The molecule has 3 nitrogen and oxygen atoms in total. The molecule has 1 aliphatic rings. The molecule has 0 heterocycles. The monoisotopic (exact) mass is 268 g/mol. The van der Waals surface area contributed by atoms with E-state index < -0.39 is 5.97 Å². The van der Waals surface area contributed by atoms with Gasteiger partial charge >= 0.3 is 5.97 Å². The van der Waals surface area contributed by atoms with E-state index in [1.165, 1.54) is 6.07 Å². The van der Waals surface area contributed by atoms with Crippen LogP contribution < -0.4 is 0 Å². The van der Waals surface area contributed by atoms with Crippen LogP contribution in [0.25, 0.3) is 0 Å². The molecule has 0 spiro atoms. The van der Waals surface area contributed by atoms with Gasteiger partial charge in [-0.15, -0.1) is 0 Å². The van der Waals surface area contributed by atoms with Gasteiger partial charge in [0.05, 0.1) is 5.56 Å². The molecule has 0 bridgehead atoms. The van der Waals surface area contributed by atoms with Crippen LogP contribution >= 0.6 is 15.9 Å². The van der Waals surface area contributed by atoms with Gasteiger partial charge in [-0.25, -0.2) is 4.79 Å². The van der Waals surface area contributed by atoms with Crippen LogP contribution in [0.5, 0.6) is 0 Å². The third-order valence-electron chi connectivity index (χ3n) is 2.60. The molecule has 0 aromatic heterocycles. The first-order chi connectivity index (χ1) is 7.11. The number of carboxylic acids is 1. The van der Waals surface area contributed by atoms with Gasteiger partial charge in [0.25, 0.3) is 0 Å². The van der Waals surface area contributed by atoms with Crippen molar-refractivity contribution in [3.05, 3.63) is 33.3 Å². The molecule has 1 N–H and O–H groups in total. The number of rotatable bonds is 1. The van der Waals surface area contributed by atoms with Gasteiger partial charge in [0, 0.05) is 16.5 Å². The molecule has 0 fully saturated rings. The maximum absolute atomic E-state index is 11.6. The molecule has 0 saturated heterocycles. The van der Waals surface area contributed by atoms with Gasteiger partial charge in [-0.05, 0) is 40.4 Å². The Morgan fingerprint density at radius 2 is 2.07 bits per heavy atom. The van der Waals surface area contributed by atoms with E-state index in [-0.39, 0.29) is 11.3 Å². The second-order valence-electron chi connectivity index (χ2n) is 3.54. The normalized spacial score (nSPS) is 14.9. The van der Waals surface area contributed by atoms with Crippen LogP contribution in [-0.4, -0.2) is 16.9 Å². The summed E-state index contributed by atoms with van der Waals surface area (Å²) < 4.78 is 0.556. The summed E-state index contributed by atoms with van der Waals surface area (Å²) >= 11 is 3.26. The lowest BCUT2D eigenvalue weighted by atomic mass is 9.89. The first kappa shape index (κ1) is 10.4. The number of aromatic carboxylic acids is 1. The molecule has 78 valence electrons. The maximum Gasteiger partial charge on any atom is 0.336 e. The van der Waals surface area contributed by atoms with Gasteiger partial charge in [0.15, 0.2) is 5.78 Å². The highest BCUT2D eigenvalue weighted by atomic mass is 79.9. The minimum atomic E-state index is -0.970. The number of benzene rings is 1. The summed E-state index contributed by atoms with van der Waals surface area (Å²) in [6, 6.07) is 3.10. The van der Waals surface area contributed by atoms with Crippen molar-refractivity contribution in [2.24, 2.45) is 0 Å².